The van der Waals surface area contributed by atoms with Crippen LogP contribution in [0.2, 0.25) is 0 Å². The van der Waals surface area contributed by atoms with E-state index in [1.54, 1.807) is 48.4 Å². The first-order valence-corrected chi connectivity index (χ1v) is 7.23. The van der Waals surface area contributed by atoms with Crippen LogP contribution in [0.3, 0.4) is 0 Å². The molecule has 0 aliphatic carbocycles. The Morgan fingerprint density at radius 2 is 2.26 bits per heavy atom. The van der Waals surface area contributed by atoms with Crippen molar-refractivity contribution >= 4 is 5.91 Å². The third kappa shape index (κ3) is 3.26. The Hall–Kier alpha value is -3.02. The van der Waals surface area contributed by atoms with Gasteiger partial charge in [-0.25, -0.2) is 4.68 Å². The molecule has 0 atom stereocenters. The summed E-state index contributed by atoms with van der Waals surface area (Å²) in [5, 5.41) is 4.35. The minimum atomic E-state index is -0.0274. The molecule has 1 N–H and O–H groups in total. The molecule has 3 aromatic rings. The number of methoxy groups -OCH3 is 1. The van der Waals surface area contributed by atoms with Crippen molar-refractivity contribution in [2.75, 3.05) is 14.2 Å². The summed E-state index contributed by atoms with van der Waals surface area (Å²) in [5.41, 5.74) is 2.52. The highest BCUT2D eigenvalue weighted by Crippen LogP contribution is 2.17. The van der Waals surface area contributed by atoms with Crippen LogP contribution in [0.25, 0.3) is 5.69 Å². The predicted molar refractivity (Wildman–Crippen MR) is 86.7 cm³/mol. The molecule has 1 amide bonds. The number of aromatic nitrogens is 3. The molecule has 0 aliphatic heterocycles. The summed E-state index contributed by atoms with van der Waals surface area (Å²) in [6, 6.07) is 9.42. The second kappa shape index (κ2) is 6.39. The molecular formula is C17H18N4O2. The standard InChI is InChI=1S/C17H18N4O2/c1-20(17(22)14-6-7-18-10-14)11-13-9-19-21(12-13)15-4-3-5-16(8-15)23-2/h3-10,12,18H,11H2,1-2H3. The number of carbonyl (C=O) groups is 1. The molecule has 0 saturated heterocycles. The fourth-order valence-electron chi connectivity index (χ4n) is 2.36. The maximum Gasteiger partial charge on any atom is 0.255 e. The Kier molecular flexibility index (Phi) is 4.14. The minimum absolute atomic E-state index is 0.0274. The molecule has 0 unspecified atom stereocenters. The molecule has 0 saturated carbocycles. The van der Waals surface area contributed by atoms with Gasteiger partial charge in [0.15, 0.2) is 0 Å². The highest BCUT2D eigenvalue weighted by molar-refractivity contribution is 5.93. The average Bonchev–Trinajstić information content (AvgIpc) is 3.26. The van der Waals surface area contributed by atoms with E-state index in [1.165, 1.54) is 0 Å². The molecule has 118 valence electrons. The molecule has 6 heteroatoms. The Bertz CT molecular complexity index is 793. The summed E-state index contributed by atoms with van der Waals surface area (Å²) in [7, 11) is 3.41. The smallest absolute Gasteiger partial charge is 0.255 e. The second-order valence-electron chi connectivity index (χ2n) is 5.26. The van der Waals surface area contributed by atoms with Crippen molar-refractivity contribution in [3.05, 3.63) is 66.2 Å². The number of hydrogen-bond acceptors (Lipinski definition) is 3. The van der Waals surface area contributed by atoms with Crippen LogP contribution >= 0.6 is 0 Å². The lowest BCUT2D eigenvalue weighted by atomic mass is 10.2. The SMILES string of the molecule is COc1cccc(-n2cc(CN(C)C(=O)c3cc[nH]c3)cn2)c1. The maximum absolute atomic E-state index is 12.2. The summed E-state index contributed by atoms with van der Waals surface area (Å²) in [6.45, 7) is 0.494. The number of H-pyrrole nitrogens is 1. The average molecular weight is 310 g/mol. The van der Waals surface area contributed by atoms with Crippen LogP contribution in [-0.2, 0) is 6.54 Å². The molecule has 0 aliphatic rings. The van der Waals surface area contributed by atoms with Crippen molar-refractivity contribution in [2.24, 2.45) is 0 Å². The molecule has 3 rings (SSSR count). The third-order valence-electron chi connectivity index (χ3n) is 3.57. The van der Waals surface area contributed by atoms with Gasteiger partial charge in [0.05, 0.1) is 24.6 Å². The van der Waals surface area contributed by atoms with Gasteiger partial charge >= 0.3 is 0 Å². The fourth-order valence-corrected chi connectivity index (χ4v) is 2.36. The van der Waals surface area contributed by atoms with E-state index in [0.717, 1.165) is 17.0 Å². The zero-order valence-corrected chi connectivity index (χ0v) is 13.1. The van der Waals surface area contributed by atoms with Crippen molar-refractivity contribution in [3.8, 4) is 11.4 Å². The lowest BCUT2D eigenvalue weighted by molar-refractivity contribution is 0.0785. The van der Waals surface area contributed by atoms with Crippen LogP contribution in [0.1, 0.15) is 15.9 Å². The maximum atomic E-state index is 12.2. The Balaban J connectivity index is 1.73. The number of nitrogens with zero attached hydrogens (tertiary/aromatic N) is 3. The van der Waals surface area contributed by atoms with Gasteiger partial charge in [0, 0.05) is 43.8 Å². The van der Waals surface area contributed by atoms with Crippen LogP contribution in [-0.4, -0.2) is 39.7 Å². The molecule has 0 fully saturated rings. The summed E-state index contributed by atoms with van der Waals surface area (Å²) in [6.07, 6.45) is 7.11. The van der Waals surface area contributed by atoms with Crippen LogP contribution in [0, 0.1) is 0 Å². The van der Waals surface area contributed by atoms with E-state index in [9.17, 15) is 4.79 Å². The molecule has 0 bridgehead atoms. The summed E-state index contributed by atoms with van der Waals surface area (Å²) < 4.78 is 6.99. The van der Waals surface area contributed by atoms with Gasteiger partial charge in [0.2, 0.25) is 0 Å². The Morgan fingerprint density at radius 3 is 3.00 bits per heavy atom. The highest BCUT2D eigenvalue weighted by atomic mass is 16.5. The molecular weight excluding hydrogens is 292 g/mol. The predicted octanol–water partition coefficient (Wildman–Crippen LogP) is 2.48. The van der Waals surface area contributed by atoms with Crippen molar-refractivity contribution in [1.82, 2.24) is 19.7 Å². The van der Waals surface area contributed by atoms with E-state index in [0.29, 0.717) is 12.1 Å². The summed E-state index contributed by atoms with van der Waals surface area (Å²) in [4.78, 5) is 16.8. The van der Waals surface area contributed by atoms with Crippen molar-refractivity contribution in [3.63, 3.8) is 0 Å². The van der Waals surface area contributed by atoms with Crippen LogP contribution in [0.5, 0.6) is 5.75 Å². The number of rotatable bonds is 5. The van der Waals surface area contributed by atoms with E-state index in [-0.39, 0.29) is 5.91 Å². The largest absolute Gasteiger partial charge is 0.497 e. The van der Waals surface area contributed by atoms with E-state index in [2.05, 4.69) is 10.1 Å². The Morgan fingerprint density at radius 1 is 1.39 bits per heavy atom. The fraction of sp³-hybridized carbons (Fsp3) is 0.176. The second-order valence-corrected chi connectivity index (χ2v) is 5.26. The van der Waals surface area contributed by atoms with Gasteiger partial charge < -0.3 is 14.6 Å². The van der Waals surface area contributed by atoms with Crippen molar-refractivity contribution < 1.29 is 9.53 Å². The molecule has 6 nitrogen and oxygen atoms in total. The van der Waals surface area contributed by atoms with Gasteiger partial charge in [-0.2, -0.15) is 5.10 Å². The van der Waals surface area contributed by atoms with E-state index < -0.39 is 0 Å². The highest BCUT2D eigenvalue weighted by Gasteiger charge is 2.13. The van der Waals surface area contributed by atoms with E-state index in [4.69, 9.17) is 4.74 Å². The number of benzene rings is 1. The lowest BCUT2D eigenvalue weighted by Gasteiger charge is -2.15. The number of aromatic amines is 1. The molecule has 0 radical (unpaired) electrons. The van der Waals surface area contributed by atoms with Gasteiger partial charge in [-0.05, 0) is 18.2 Å². The van der Waals surface area contributed by atoms with E-state index in [1.807, 2.05) is 30.5 Å². The molecule has 23 heavy (non-hydrogen) atoms. The number of hydrogen-bond donors (Lipinski definition) is 1. The molecule has 0 spiro atoms. The Labute approximate surface area is 134 Å². The topological polar surface area (TPSA) is 63.1 Å². The van der Waals surface area contributed by atoms with Gasteiger partial charge in [0.25, 0.3) is 5.91 Å². The zero-order valence-electron chi connectivity index (χ0n) is 13.1. The summed E-state index contributed by atoms with van der Waals surface area (Å²) >= 11 is 0. The molecule has 2 aromatic heterocycles. The number of carbonyl (C=O) groups excluding carboxylic acids is 1. The van der Waals surface area contributed by atoms with Gasteiger partial charge in [0.1, 0.15) is 5.75 Å². The van der Waals surface area contributed by atoms with E-state index >= 15 is 0 Å². The lowest BCUT2D eigenvalue weighted by Crippen LogP contribution is -2.25. The normalized spacial score (nSPS) is 10.5. The molecule has 1 aromatic carbocycles. The van der Waals surface area contributed by atoms with Gasteiger partial charge in [-0.3, -0.25) is 4.79 Å². The van der Waals surface area contributed by atoms with Crippen molar-refractivity contribution in [1.29, 1.82) is 0 Å². The van der Waals surface area contributed by atoms with Crippen LogP contribution < -0.4 is 4.74 Å². The first-order chi connectivity index (χ1) is 11.2. The van der Waals surface area contributed by atoms with Crippen molar-refractivity contribution in [2.45, 2.75) is 6.54 Å². The van der Waals surface area contributed by atoms with Crippen LogP contribution in [0.4, 0.5) is 0 Å². The minimum Gasteiger partial charge on any atom is -0.497 e. The zero-order chi connectivity index (χ0) is 16.2. The first kappa shape index (κ1) is 14.9. The quantitative estimate of drug-likeness (QED) is 0.787. The number of amides is 1. The monoisotopic (exact) mass is 310 g/mol. The third-order valence-corrected chi connectivity index (χ3v) is 3.57. The summed E-state index contributed by atoms with van der Waals surface area (Å²) in [5.74, 6) is 0.750. The van der Waals surface area contributed by atoms with Gasteiger partial charge in [-0.1, -0.05) is 6.07 Å². The number of nitrogens with one attached hydrogen (secondary N) is 1. The number of ether oxygens (including phenoxy) is 1. The molecule has 2 heterocycles. The van der Waals surface area contributed by atoms with Gasteiger partial charge in [-0.15, -0.1) is 0 Å². The first-order valence-electron chi connectivity index (χ1n) is 7.23. The van der Waals surface area contributed by atoms with Crippen LogP contribution in [0.15, 0.2) is 55.1 Å².